The van der Waals surface area contributed by atoms with E-state index in [2.05, 4.69) is 10.8 Å². The van der Waals surface area contributed by atoms with Crippen LogP contribution >= 0.6 is 0 Å². The van der Waals surface area contributed by atoms with E-state index >= 15 is 0 Å². The number of rotatable bonds is 2. The van der Waals surface area contributed by atoms with Crippen molar-refractivity contribution in [1.29, 1.82) is 0 Å². The van der Waals surface area contributed by atoms with Crippen LogP contribution in [0.3, 0.4) is 0 Å². The molecular weight excluding hydrogens is 220 g/mol. The molecule has 2 fully saturated rings. The molecule has 1 amide bonds. The highest BCUT2D eigenvalue weighted by atomic mass is 16.9. The topological polar surface area (TPSA) is 133 Å². The van der Waals surface area contributed by atoms with Crippen LogP contribution < -0.4 is 10.8 Å². The second kappa shape index (κ2) is 3.91. The second-order valence-electron chi connectivity index (χ2n) is 3.87. The van der Waals surface area contributed by atoms with Crippen molar-refractivity contribution in [3.8, 4) is 0 Å². The molecule has 1 spiro atoms. The lowest BCUT2D eigenvalue weighted by molar-refractivity contribution is -0.234. The number of ether oxygens (including phenoxy) is 1. The maximum atomic E-state index is 10.9. The maximum Gasteiger partial charge on any atom is 0.290 e. The highest BCUT2D eigenvalue weighted by Crippen LogP contribution is 2.35. The Morgan fingerprint density at radius 1 is 1.50 bits per heavy atom. The Kier molecular flexibility index (Phi) is 2.86. The largest absolute Gasteiger partial charge is 0.394 e. The van der Waals surface area contributed by atoms with Crippen LogP contribution in [-0.4, -0.2) is 58.1 Å². The SMILES string of the molecule is CC(=O)N[C@@H]1[C@@H](O)[C@H](O)[C@@H](CO)O[C@]12NO2. The van der Waals surface area contributed by atoms with Crippen LogP contribution in [0.4, 0.5) is 0 Å². The average Bonchev–Trinajstić information content (AvgIpc) is 2.99. The summed E-state index contributed by atoms with van der Waals surface area (Å²) >= 11 is 0. The summed E-state index contributed by atoms with van der Waals surface area (Å²) in [6, 6.07) is -0.928. The summed E-state index contributed by atoms with van der Waals surface area (Å²) in [4.78, 5) is 15.8. The molecule has 8 nitrogen and oxygen atoms in total. The summed E-state index contributed by atoms with van der Waals surface area (Å²) in [5.74, 6) is -1.74. The van der Waals surface area contributed by atoms with Crippen molar-refractivity contribution in [2.45, 2.75) is 37.2 Å². The van der Waals surface area contributed by atoms with Crippen LogP contribution in [0, 0.1) is 0 Å². The van der Waals surface area contributed by atoms with Gasteiger partial charge in [-0.15, -0.1) is 5.48 Å². The zero-order chi connectivity index (χ0) is 11.9. The number of aliphatic hydroxyl groups excluding tert-OH is 3. The molecule has 2 aliphatic rings. The number of aliphatic hydroxyl groups is 3. The number of hydrogen-bond acceptors (Lipinski definition) is 7. The lowest BCUT2D eigenvalue weighted by Gasteiger charge is -2.39. The van der Waals surface area contributed by atoms with Crippen LogP contribution in [0.15, 0.2) is 0 Å². The van der Waals surface area contributed by atoms with E-state index in [0.717, 1.165) is 0 Å². The molecule has 2 aliphatic heterocycles. The van der Waals surface area contributed by atoms with Crippen molar-refractivity contribution in [1.82, 2.24) is 10.8 Å². The quantitative estimate of drug-likeness (QED) is 0.317. The maximum absolute atomic E-state index is 10.9. The van der Waals surface area contributed by atoms with Gasteiger partial charge in [0.2, 0.25) is 5.91 Å². The molecule has 0 bridgehead atoms. The molecule has 0 aromatic rings. The number of hydrogen-bond donors (Lipinski definition) is 5. The molecule has 0 aliphatic carbocycles. The minimum Gasteiger partial charge on any atom is -0.394 e. The van der Waals surface area contributed by atoms with Crippen LogP contribution in [0.25, 0.3) is 0 Å². The molecule has 5 N–H and O–H groups in total. The summed E-state index contributed by atoms with van der Waals surface area (Å²) < 4.78 is 5.22. The van der Waals surface area contributed by atoms with Gasteiger partial charge in [-0.1, -0.05) is 0 Å². The van der Waals surface area contributed by atoms with Crippen LogP contribution in [0.2, 0.25) is 0 Å². The first-order valence-corrected chi connectivity index (χ1v) is 4.87. The number of amides is 1. The van der Waals surface area contributed by atoms with Crippen molar-refractivity contribution in [3.63, 3.8) is 0 Å². The summed E-state index contributed by atoms with van der Waals surface area (Å²) in [7, 11) is 0. The van der Waals surface area contributed by atoms with Crippen molar-refractivity contribution in [3.05, 3.63) is 0 Å². The van der Waals surface area contributed by atoms with Crippen molar-refractivity contribution < 1.29 is 29.7 Å². The molecule has 0 saturated carbocycles. The molecule has 5 atom stereocenters. The predicted molar refractivity (Wildman–Crippen MR) is 48.5 cm³/mol. The van der Waals surface area contributed by atoms with Crippen molar-refractivity contribution in [2.75, 3.05) is 6.61 Å². The first-order chi connectivity index (χ1) is 7.50. The molecule has 0 unspecified atom stereocenters. The standard InChI is InChI=1S/C8H14N2O6/c1-3(12)9-7-6(14)5(13)4(2-11)15-8(7)10-16-8/h4-7,10-11,13-14H,2H2,1H3,(H,9,12)/t4-,5-,6+,7-,8-/m1/s1. The zero-order valence-electron chi connectivity index (χ0n) is 8.58. The normalized spacial score (nSPS) is 46.8. The lowest BCUT2D eigenvalue weighted by Crippen LogP contribution is -2.66. The van der Waals surface area contributed by atoms with Gasteiger partial charge in [0, 0.05) is 6.92 Å². The minimum absolute atomic E-state index is 0.390. The third-order valence-corrected chi connectivity index (χ3v) is 2.65. The van der Waals surface area contributed by atoms with Gasteiger partial charge < -0.3 is 25.4 Å². The highest BCUT2D eigenvalue weighted by Gasteiger charge is 2.64. The fourth-order valence-electron chi connectivity index (χ4n) is 1.78. The van der Waals surface area contributed by atoms with Gasteiger partial charge in [0.05, 0.1) is 6.61 Å². The predicted octanol–water partition coefficient (Wildman–Crippen LogP) is -3.21. The van der Waals surface area contributed by atoms with Gasteiger partial charge in [-0.25, -0.2) is 4.84 Å². The monoisotopic (exact) mass is 234 g/mol. The Labute approximate surface area is 91.1 Å². The molecular formula is C8H14N2O6. The Bertz CT molecular complexity index is 294. The molecule has 0 aromatic heterocycles. The molecule has 2 rings (SSSR count). The molecule has 0 radical (unpaired) electrons. The van der Waals surface area contributed by atoms with E-state index in [0.29, 0.717) is 0 Å². The highest BCUT2D eigenvalue weighted by molar-refractivity contribution is 5.73. The van der Waals surface area contributed by atoms with Gasteiger partial charge in [0.25, 0.3) is 5.91 Å². The van der Waals surface area contributed by atoms with Gasteiger partial charge in [-0.05, 0) is 0 Å². The summed E-state index contributed by atoms with van der Waals surface area (Å²) in [5, 5.41) is 30.8. The van der Waals surface area contributed by atoms with Crippen molar-refractivity contribution >= 4 is 5.91 Å². The number of nitrogens with one attached hydrogen (secondary N) is 2. The van der Waals surface area contributed by atoms with E-state index in [1.54, 1.807) is 0 Å². The second-order valence-corrected chi connectivity index (χ2v) is 3.87. The molecule has 2 saturated heterocycles. The molecule has 16 heavy (non-hydrogen) atoms. The first-order valence-electron chi connectivity index (χ1n) is 4.87. The van der Waals surface area contributed by atoms with Gasteiger partial charge in [-0.2, -0.15) is 0 Å². The summed E-state index contributed by atoms with van der Waals surface area (Å²) in [6.07, 6.45) is -3.54. The molecule has 92 valence electrons. The summed E-state index contributed by atoms with van der Waals surface area (Å²) in [5.41, 5.74) is 2.40. The third-order valence-electron chi connectivity index (χ3n) is 2.65. The van der Waals surface area contributed by atoms with E-state index in [-0.39, 0.29) is 5.91 Å². The molecule has 0 aromatic carbocycles. The third kappa shape index (κ3) is 1.79. The van der Waals surface area contributed by atoms with E-state index in [1.165, 1.54) is 6.92 Å². The summed E-state index contributed by atoms with van der Waals surface area (Å²) in [6.45, 7) is 0.811. The van der Waals surface area contributed by atoms with E-state index in [4.69, 9.17) is 14.7 Å². The smallest absolute Gasteiger partial charge is 0.290 e. The fourth-order valence-corrected chi connectivity index (χ4v) is 1.78. The van der Waals surface area contributed by atoms with Crippen LogP contribution in [-0.2, 0) is 14.4 Å². The number of hydroxylamine groups is 1. The first kappa shape index (κ1) is 11.7. The average molecular weight is 234 g/mol. The lowest BCUT2D eigenvalue weighted by atomic mass is 9.95. The van der Waals surface area contributed by atoms with Gasteiger partial charge in [0.15, 0.2) is 0 Å². The van der Waals surface area contributed by atoms with Crippen LogP contribution in [0.5, 0.6) is 0 Å². The van der Waals surface area contributed by atoms with Gasteiger partial charge in [-0.3, -0.25) is 4.79 Å². The van der Waals surface area contributed by atoms with E-state index in [1.807, 2.05) is 0 Å². The Hall–Kier alpha value is -0.770. The molecule has 8 heteroatoms. The van der Waals surface area contributed by atoms with Crippen LogP contribution in [0.1, 0.15) is 6.92 Å². The van der Waals surface area contributed by atoms with Crippen molar-refractivity contribution in [2.24, 2.45) is 0 Å². The zero-order valence-corrected chi connectivity index (χ0v) is 8.58. The van der Waals surface area contributed by atoms with Gasteiger partial charge >= 0.3 is 0 Å². The Morgan fingerprint density at radius 2 is 2.12 bits per heavy atom. The Morgan fingerprint density at radius 3 is 2.56 bits per heavy atom. The minimum atomic E-state index is -1.35. The fraction of sp³-hybridized carbons (Fsp3) is 0.875. The molecule has 2 heterocycles. The van der Waals surface area contributed by atoms with Gasteiger partial charge in [0.1, 0.15) is 24.4 Å². The van der Waals surface area contributed by atoms with E-state index in [9.17, 15) is 15.0 Å². The number of carbonyl (C=O) groups excluding carboxylic acids is 1. The number of carbonyl (C=O) groups is 1. The Balaban J connectivity index is 2.15. The van der Waals surface area contributed by atoms with E-state index < -0.39 is 36.9 Å².